The standard InChI is InChI=1S/C31H37N7O4/c1-31(2,3)26-20-28(37-42-26)34-30(40)32-23-11-7-21(8-12-23)25-19-27(36-35-25)33-29(39)22-9-13-24(14-10-22)41-18-6-17-38-15-4-5-16-38/h7-14,19-20H,4-6,15-18H2,1-3H3,(H2,32,34,37,40)(H2,33,35,36,39). The number of rotatable bonds is 10. The molecule has 0 bridgehead atoms. The van der Waals surface area contributed by atoms with E-state index in [-0.39, 0.29) is 11.3 Å². The van der Waals surface area contributed by atoms with Crippen LogP contribution >= 0.6 is 0 Å². The van der Waals surface area contributed by atoms with Crippen LogP contribution in [0.5, 0.6) is 5.75 Å². The van der Waals surface area contributed by atoms with Gasteiger partial charge in [0.15, 0.2) is 11.6 Å². The molecule has 0 aliphatic carbocycles. The summed E-state index contributed by atoms with van der Waals surface area (Å²) in [6, 6.07) is 17.4. The molecule has 11 heteroatoms. The third-order valence-electron chi connectivity index (χ3n) is 6.97. The van der Waals surface area contributed by atoms with Crippen molar-refractivity contribution in [3.05, 3.63) is 72.0 Å². The highest BCUT2D eigenvalue weighted by atomic mass is 16.5. The summed E-state index contributed by atoms with van der Waals surface area (Å²) in [6.07, 6.45) is 3.57. The van der Waals surface area contributed by atoms with E-state index in [4.69, 9.17) is 9.26 Å². The molecule has 0 unspecified atom stereocenters. The fourth-order valence-electron chi connectivity index (χ4n) is 4.61. The number of hydrogen-bond donors (Lipinski definition) is 4. The second kappa shape index (κ2) is 12.9. The molecule has 1 fully saturated rings. The number of ether oxygens (including phenoxy) is 1. The molecule has 220 valence electrons. The molecule has 4 aromatic rings. The third-order valence-corrected chi connectivity index (χ3v) is 6.97. The molecule has 3 amide bonds. The first-order valence-electron chi connectivity index (χ1n) is 14.2. The number of nitrogens with one attached hydrogen (secondary N) is 4. The van der Waals surface area contributed by atoms with Gasteiger partial charge in [-0.2, -0.15) is 5.10 Å². The van der Waals surface area contributed by atoms with Crippen LogP contribution in [0.15, 0.2) is 65.2 Å². The number of anilines is 3. The molecule has 42 heavy (non-hydrogen) atoms. The topological polar surface area (TPSA) is 137 Å². The van der Waals surface area contributed by atoms with Crippen molar-refractivity contribution >= 4 is 29.3 Å². The third kappa shape index (κ3) is 7.76. The van der Waals surface area contributed by atoms with Crippen molar-refractivity contribution in [2.24, 2.45) is 0 Å². The Hall–Kier alpha value is -4.64. The largest absolute Gasteiger partial charge is 0.494 e. The van der Waals surface area contributed by atoms with Crippen LogP contribution in [0, 0.1) is 0 Å². The molecule has 5 rings (SSSR count). The number of aromatic nitrogens is 3. The Kier molecular flexibility index (Phi) is 8.87. The Labute approximate surface area is 245 Å². The number of carbonyl (C=O) groups excluding carboxylic acids is 2. The van der Waals surface area contributed by atoms with E-state index in [9.17, 15) is 9.59 Å². The van der Waals surface area contributed by atoms with Gasteiger partial charge in [-0.3, -0.25) is 15.2 Å². The van der Waals surface area contributed by atoms with Crippen LogP contribution in [0.4, 0.5) is 22.1 Å². The minimum Gasteiger partial charge on any atom is -0.494 e. The maximum Gasteiger partial charge on any atom is 0.324 e. The monoisotopic (exact) mass is 571 g/mol. The molecular weight excluding hydrogens is 534 g/mol. The van der Waals surface area contributed by atoms with Crippen LogP contribution in [0.2, 0.25) is 0 Å². The number of likely N-dealkylation sites (tertiary alicyclic amines) is 1. The van der Waals surface area contributed by atoms with Crippen LogP contribution < -0.4 is 20.7 Å². The first kappa shape index (κ1) is 28.9. The Morgan fingerprint density at radius 1 is 0.952 bits per heavy atom. The lowest BCUT2D eigenvalue weighted by Gasteiger charge is -2.14. The highest BCUT2D eigenvalue weighted by Crippen LogP contribution is 2.25. The highest BCUT2D eigenvalue weighted by Gasteiger charge is 2.20. The minimum absolute atomic E-state index is 0.207. The van der Waals surface area contributed by atoms with Gasteiger partial charge in [0.05, 0.1) is 12.3 Å². The minimum atomic E-state index is -0.430. The molecule has 4 N–H and O–H groups in total. The van der Waals surface area contributed by atoms with Gasteiger partial charge in [-0.1, -0.05) is 38.1 Å². The van der Waals surface area contributed by atoms with Gasteiger partial charge in [0, 0.05) is 35.3 Å². The van der Waals surface area contributed by atoms with Gasteiger partial charge in [-0.25, -0.2) is 4.79 Å². The summed E-state index contributed by atoms with van der Waals surface area (Å²) in [6.45, 7) is 10.1. The number of nitrogens with zero attached hydrogens (tertiary/aromatic N) is 3. The summed E-state index contributed by atoms with van der Waals surface area (Å²) < 4.78 is 11.1. The van der Waals surface area contributed by atoms with E-state index in [0.717, 1.165) is 30.0 Å². The summed E-state index contributed by atoms with van der Waals surface area (Å²) in [5, 5.41) is 19.3. The molecule has 0 atom stereocenters. The molecular formula is C31H37N7O4. The molecule has 0 saturated carbocycles. The van der Waals surface area contributed by atoms with Crippen molar-refractivity contribution in [2.75, 3.05) is 42.2 Å². The molecule has 0 spiro atoms. The predicted octanol–water partition coefficient (Wildman–Crippen LogP) is 6.12. The quantitative estimate of drug-likeness (QED) is 0.168. The van der Waals surface area contributed by atoms with Crippen molar-refractivity contribution in [3.8, 4) is 17.0 Å². The molecule has 11 nitrogen and oxygen atoms in total. The van der Waals surface area contributed by atoms with E-state index in [1.165, 1.54) is 25.9 Å². The lowest BCUT2D eigenvalue weighted by molar-refractivity contribution is 0.102. The number of amides is 3. The smallest absolute Gasteiger partial charge is 0.324 e. The molecule has 2 aromatic heterocycles. The van der Waals surface area contributed by atoms with Crippen molar-refractivity contribution in [1.29, 1.82) is 0 Å². The molecule has 2 aromatic carbocycles. The van der Waals surface area contributed by atoms with Gasteiger partial charge in [0.1, 0.15) is 11.5 Å². The Bertz CT molecular complexity index is 1480. The number of hydrogen-bond acceptors (Lipinski definition) is 7. The Morgan fingerprint density at radius 2 is 1.69 bits per heavy atom. The molecule has 1 saturated heterocycles. The number of benzene rings is 2. The average molecular weight is 572 g/mol. The lowest BCUT2D eigenvalue weighted by Crippen LogP contribution is -2.21. The zero-order valence-electron chi connectivity index (χ0n) is 24.2. The fraction of sp³-hybridized carbons (Fsp3) is 0.355. The predicted molar refractivity (Wildman–Crippen MR) is 162 cm³/mol. The molecule has 1 aliphatic rings. The number of H-pyrrole nitrogens is 1. The number of carbonyl (C=O) groups is 2. The highest BCUT2D eigenvalue weighted by molar-refractivity contribution is 6.04. The van der Waals surface area contributed by atoms with Crippen molar-refractivity contribution in [3.63, 3.8) is 0 Å². The lowest BCUT2D eigenvalue weighted by atomic mass is 9.93. The van der Waals surface area contributed by atoms with Crippen LogP contribution in [0.3, 0.4) is 0 Å². The first-order chi connectivity index (χ1) is 20.2. The van der Waals surface area contributed by atoms with E-state index in [1.807, 2.05) is 45.0 Å². The van der Waals surface area contributed by atoms with Gasteiger partial charge >= 0.3 is 6.03 Å². The fourth-order valence-corrected chi connectivity index (χ4v) is 4.61. The van der Waals surface area contributed by atoms with Crippen LogP contribution in [-0.4, -0.2) is 58.4 Å². The van der Waals surface area contributed by atoms with Gasteiger partial charge in [0.25, 0.3) is 5.91 Å². The van der Waals surface area contributed by atoms with E-state index >= 15 is 0 Å². The second-order valence-electron chi connectivity index (χ2n) is 11.4. The van der Waals surface area contributed by atoms with E-state index in [1.54, 1.807) is 36.4 Å². The van der Waals surface area contributed by atoms with Gasteiger partial charge in [0.2, 0.25) is 0 Å². The maximum atomic E-state index is 12.7. The van der Waals surface area contributed by atoms with Crippen LogP contribution in [0.1, 0.15) is 56.2 Å². The zero-order chi connectivity index (χ0) is 29.5. The maximum absolute atomic E-state index is 12.7. The average Bonchev–Trinajstić information content (AvgIpc) is 3.75. The summed E-state index contributed by atoms with van der Waals surface area (Å²) in [7, 11) is 0. The number of aromatic amines is 1. The number of urea groups is 1. The molecule has 1 aliphatic heterocycles. The Morgan fingerprint density at radius 3 is 2.38 bits per heavy atom. The van der Waals surface area contributed by atoms with Crippen LogP contribution in [0.25, 0.3) is 11.3 Å². The van der Waals surface area contributed by atoms with Gasteiger partial charge < -0.3 is 24.8 Å². The van der Waals surface area contributed by atoms with Crippen LogP contribution in [-0.2, 0) is 5.41 Å². The summed E-state index contributed by atoms with van der Waals surface area (Å²) in [4.78, 5) is 27.6. The first-order valence-corrected chi connectivity index (χ1v) is 14.2. The van der Waals surface area contributed by atoms with E-state index < -0.39 is 6.03 Å². The zero-order valence-corrected chi connectivity index (χ0v) is 24.2. The second-order valence-corrected chi connectivity index (χ2v) is 11.4. The van der Waals surface area contributed by atoms with Gasteiger partial charge in [-0.05, 0) is 74.3 Å². The summed E-state index contributed by atoms with van der Waals surface area (Å²) in [5.41, 5.74) is 2.46. The normalized spacial score (nSPS) is 13.6. The summed E-state index contributed by atoms with van der Waals surface area (Å²) in [5.74, 6) is 1.91. The van der Waals surface area contributed by atoms with Crippen molar-refractivity contribution in [2.45, 2.75) is 45.4 Å². The van der Waals surface area contributed by atoms with Crippen molar-refractivity contribution < 1.29 is 18.8 Å². The van der Waals surface area contributed by atoms with Crippen molar-refractivity contribution in [1.82, 2.24) is 20.3 Å². The van der Waals surface area contributed by atoms with E-state index in [2.05, 4.69) is 36.2 Å². The molecule has 0 radical (unpaired) electrons. The van der Waals surface area contributed by atoms with Gasteiger partial charge in [-0.15, -0.1) is 0 Å². The Balaban J connectivity index is 1.08. The summed E-state index contributed by atoms with van der Waals surface area (Å²) >= 11 is 0. The van der Waals surface area contributed by atoms with E-state index in [0.29, 0.717) is 35.3 Å². The SMILES string of the molecule is CC(C)(C)c1cc(NC(=O)Nc2ccc(-c3cc(NC(=O)c4ccc(OCCCN5CCCC5)cc4)n[nH]3)cc2)no1. The molecule has 3 heterocycles.